The maximum absolute atomic E-state index is 6.15. The second kappa shape index (κ2) is 5.98. The van der Waals surface area contributed by atoms with Crippen LogP contribution in [0.4, 0.5) is 0 Å². The van der Waals surface area contributed by atoms with Gasteiger partial charge in [0, 0.05) is 23.3 Å². The molecule has 0 spiro atoms. The number of nitrogens with zero attached hydrogens (tertiary/aromatic N) is 2. The molecular weight excluding hydrogens is 424 g/mol. The molecule has 108 valence electrons. The SMILES string of the molecule is CC(Oc1ccc2n[nH]c(I)c2c1)c1c(Cl)cncc1Cl. The first-order chi connectivity index (χ1) is 10.1. The molecule has 0 fully saturated rings. The standard InChI is InChI=1S/C14H10Cl2IN3O/c1-7(13-10(15)5-18-6-11(13)16)21-8-2-3-12-9(4-8)14(17)20-19-12/h2-7H,1H3,(H,19,20). The van der Waals surface area contributed by atoms with E-state index < -0.39 is 0 Å². The topological polar surface area (TPSA) is 50.8 Å². The van der Waals surface area contributed by atoms with Crippen LogP contribution in [0, 0.1) is 3.70 Å². The van der Waals surface area contributed by atoms with E-state index in [4.69, 9.17) is 27.9 Å². The Morgan fingerprint density at radius 2 is 1.95 bits per heavy atom. The molecule has 0 aliphatic rings. The van der Waals surface area contributed by atoms with Crippen LogP contribution in [-0.4, -0.2) is 15.2 Å². The Bertz CT molecular complexity index is 786. The van der Waals surface area contributed by atoms with Gasteiger partial charge in [-0.1, -0.05) is 23.2 Å². The molecule has 21 heavy (non-hydrogen) atoms. The molecule has 3 rings (SSSR count). The molecule has 1 unspecified atom stereocenters. The van der Waals surface area contributed by atoms with Crippen LogP contribution >= 0.6 is 45.8 Å². The van der Waals surface area contributed by atoms with Gasteiger partial charge in [-0.15, -0.1) is 0 Å². The van der Waals surface area contributed by atoms with E-state index in [1.807, 2.05) is 25.1 Å². The van der Waals surface area contributed by atoms with Crippen LogP contribution in [0.15, 0.2) is 30.6 Å². The highest BCUT2D eigenvalue weighted by atomic mass is 127. The van der Waals surface area contributed by atoms with Crippen LogP contribution in [0.25, 0.3) is 10.9 Å². The molecule has 1 N–H and O–H groups in total. The molecule has 0 bridgehead atoms. The smallest absolute Gasteiger partial charge is 0.124 e. The maximum atomic E-state index is 6.15. The summed E-state index contributed by atoms with van der Waals surface area (Å²) >= 11 is 14.5. The van der Waals surface area contributed by atoms with Crippen LogP contribution in [0.2, 0.25) is 10.0 Å². The Hall–Kier alpha value is -1.05. The lowest BCUT2D eigenvalue weighted by molar-refractivity contribution is 0.227. The zero-order valence-electron chi connectivity index (χ0n) is 10.9. The number of aromatic nitrogens is 3. The largest absolute Gasteiger partial charge is 0.486 e. The van der Waals surface area contributed by atoms with E-state index >= 15 is 0 Å². The summed E-state index contributed by atoms with van der Waals surface area (Å²) in [4.78, 5) is 3.95. The van der Waals surface area contributed by atoms with Crippen molar-refractivity contribution in [3.63, 3.8) is 0 Å². The van der Waals surface area contributed by atoms with Crippen molar-refractivity contribution in [3.8, 4) is 5.75 Å². The van der Waals surface area contributed by atoms with Crippen molar-refractivity contribution in [2.75, 3.05) is 0 Å². The third kappa shape index (κ3) is 2.95. The average Bonchev–Trinajstić information content (AvgIpc) is 2.80. The molecule has 4 nitrogen and oxygen atoms in total. The highest BCUT2D eigenvalue weighted by Crippen LogP contribution is 2.33. The zero-order valence-corrected chi connectivity index (χ0v) is 14.6. The molecule has 1 atom stereocenters. The van der Waals surface area contributed by atoms with E-state index in [1.165, 1.54) is 0 Å². The molecule has 2 heterocycles. The summed E-state index contributed by atoms with van der Waals surface area (Å²) in [7, 11) is 0. The van der Waals surface area contributed by atoms with Gasteiger partial charge in [0.1, 0.15) is 15.6 Å². The Morgan fingerprint density at radius 3 is 2.67 bits per heavy atom. The van der Waals surface area contributed by atoms with Crippen molar-refractivity contribution in [1.29, 1.82) is 0 Å². The van der Waals surface area contributed by atoms with E-state index in [0.717, 1.165) is 25.9 Å². The number of rotatable bonds is 3. The van der Waals surface area contributed by atoms with Gasteiger partial charge in [-0.05, 0) is 47.7 Å². The summed E-state index contributed by atoms with van der Waals surface area (Å²) in [6, 6.07) is 5.73. The molecule has 0 saturated carbocycles. The Labute approximate surface area is 144 Å². The van der Waals surface area contributed by atoms with E-state index in [0.29, 0.717) is 10.0 Å². The molecule has 0 amide bonds. The van der Waals surface area contributed by atoms with Crippen LogP contribution in [0.5, 0.6) is 5.75 Å². The number of benzene rings is 1. The van der Waals surface area contributed by atoms with Gasteiger partial charge in [0.05, 0.1) is 15.6 Å². The fourth-order valence-corrected chi connectivity index (χ4v) is 3.33. The highest BCUT2D eigenvalue weighted by molar-refractivity contribution is 14.1. The second-order valence-corrected chi connectivity index (χ2v) is 6.39. The quantitative estimate of drug-likeness (QED) is 0.590. The normalized spacial score (nSPS) is 12.6. The third-order valence-electron chi connectivity index (χ3n) is 3.09. The zero-order chi connectivity index (χ0) is 15.0. The lowest BCUT2D eigenvalue weighted by Gasteiger charge is -2.17. The van der Waals surface area contributed by atoms with E-state index in [2.05, 4.69) is 37.8 Å². The van der Waals surface area contributed by atoms with Crippen LogP contribution in [0.3, 0.4) is 0 Å². The van der Waals surface area contributed by atoms with Gasteiger partial charge in [0.15, 0.2) is 0 Å². The molecule has 7 heteroatoms. The summed E-state index contributed by atoms with van der Waals surface area (Å²) in [5, 5.41) is 9.13. The molecule has 1 aromatic carbocycles. The first-order valence-corrected chi connectivity index (χ1v) is 7.99. The van der Waals surface area contributed by atoms with E-state index in [-0.39, 0.29) is 6.10 Å². The molecule has 0 aliphatic heterocycles. The minimum absolute atomic E-state index is 0.282. The molecule has 0 aliphatic carbocycles. The first kappa shape index (κ1) is 14.9. The van der Waals surface area contributed by atoms with Crippen LogP contribution in [0.1, 0.15) is 18.6 Å². The summed E-state index contributed by atoms with van der Waals surface area (Å²) in [6.07, 6.45) is 2.84. The number of H-pyrrole nitrogens is 1. The van der Waals surface area contributed by atoms with Gasteiger partial charge in [-0.3, -0.25) is 10.1 Å². The number of fused-ring (bicyclic) bond motifs is 1. The van der Waals surface area contributed by atoms with Gasteiger partial charge in [-0.25, -0.2) is 0 Å². The number of hydrogen-bond donors (Lipinski definition) is 1. The lowest BCUT2D eigenvalue weighted by atomic mass is 10.1. The number of hydrogen-bond acceptors (Lipinski definition) is 3. The third-order valence-corrected chi connectivity index (χ3v) is 4.51. The Kier molecular flexibility index (Phi) is 4.24. The molecular formula is C14H10Cl2IN3O. The van der Waals surface area contributed by atoms with E-state index in [9.17, 15) is 0 Å². The van der Waals surface area contributed by atoms with Gasteiger partial charge >= 0.3 is 0 Å². The fourth-order valence-electron chi connectivity index (χ4n) is 2.10. The van der Waals surface area contributed by atoms with Crippen molar-refractivity contribution in [2.24, 2.45) is 0 Å². The van der Waals surface area contributed by atoms with Gasteiger partial charge < -0.3 is 4.74 Å². The predicted octanol–water partition coefficient (Wildman–Crippen LogP) is 5.01. The Morgan fingerprint density at radius 1 is 1.24 bits per heavy atom. The molecule has 3 aromatic rings. The van der Waals surface area contributed by atoms with Gasteiger partial charge in [0.2, 0.25) is 0 Å². The molecule has 0 saturated heterocycles. The Balaban J connectivity index is 1.92. The molecule has 0 radical (unpaired) electrons. The van der Waals surface area contributed by atoms with Crippen molar-refractivity contribution >= 4 is 56.7 Å². The number of pyridine rings is 1. The monoisotopic (exact) mass is 433 g/mol. The fraction of sp³-hybridized carbons (Fsp3) is 0.143. The number of halogens is 3. The molecule has 2 aromatic heterocycles. The minimum Gasteiger partial charge on any atom is -0.486 e. The van der Waals surface area contributed by atoms with Crippen LogP contribution in [-0.2, 0) is 0 Å². The van der Waals surface area contributed by atoms with Crippen molar-refractivity contribution in [2.45, 2.75) is 13.0 Å². The van der Waals surface area contributed by atoms with Crippen LogP contribution < -0.4 is 4.74 Å². The van der Waals surface area contributed by atoms with Crippen molar-refractivity contribution in [3.05, 3.63) is 49.9 Å². The lowest BCUT2D eigenvalue weighted by Crippen LogP contribution is -2.05. The number of aromatic amines is 1. The second-order valence-electron chi connectivity index (χ2n) is 4.49. The highest BCUT2D eigenvalue weighted by Gasteiger charge is 2.16. The first-order valence-electron chi connectivity index (χ1n) is 6.15. The minimum atomic E-state index is -0.282. The van der Waals surface area contributed by atoms with Crippen molar-refractivity contribution in [1.82, 2.24) is 15.2 Å². The maximum Gasteiger partial charge on any atom is 0.124 e. The summed E-state index contributed by atoms with van der Waals surface area (Å²) in [6.45, 7) is 1.90. The van der Waals surface area contributed by atoms with E-state index in [1.54, 1.807) is 12.4 Å². The van der Waals surface area contributed by atoms with Gasteiger partial charge in [0.25, 0.3) is 0 Å². The number of nitrogens with one attached hydrogen (secondary N) is 1. The predicted molar refractivity (Wildman–Crippen MR) is 92.1 cm³/mol. The summed E-state index contributed by atoms with van der Waals surface area (Å²) in [5.74, 6) is 0.735. The van der Waals surface area contributed by atoms with Crippen molar-refractivity contribution < 1.29 is 4.74 Å². The number of ether oxygens (including phenoxy) is 1. The average molecular weight is 434 g/mol. The summed E-state index contributed by atoms with van der Waals surface area (Å²) in [5.41, 5.74) is 1.63. The van der Waals surface area contributed by atoms with Gasteiger partial charge in [-0.2, -0.15) is 5.10 Å². The summed E-state index contributed by atoms with van der Waals surface area (Å²) < 4.78 is 6.93.